The SMILES string of the molecule is CC/C=C\C/C=C\C/C=C\C/C=C\CCCCCCCCCCCCC(=O)OC(COCCC(C(=O)O)[N+](C)(C)C)COC(=O)CCCCCCCCCCCCC/C=C\C/C=C\CCCCCCC. The highest BCUT2D eigenvalue weighted by Gasteiger charge is 2.31. The largest absolute Gasteiger partial charge is 0.477 e. The predicted molar refractivity (Wildman–Crippen MR) is 298 cm³/mol. The molecule has 0 heterocycles. The normalized spacial score (nSPS) is 13.3. The van der Waals surface area contributed by atoms with Gasteiger partial charge in [-0.05, 0) is 83.5 Å². The standard InChI is InChI=1S/C62H109NO7/c1-6-8-10-12-14-16-18-20-22-24-26-28-30-32-34-36-38-40-42-44-46-48-50-52-60(64)69-57-58(56-68-55-54-59(62(66)67)63(3,4)5)70-61(65)53-51-49-47-45-43-41-39-37-35-33-31-29-27-25-23-21-19-17-15-13-11-9-7-2/h9,11,15,17-18,20-21,23-24,26-27,29,58-59H,6-8,10,12-14,16,19,22,25,28,30-57H2,1-5H3/p+1/b11-9-,17-15-,20-18-,23-21-,26-24-,29-27-. The van der Waals surface area contributed by atoms with Gasteiger partial charge >= 0.3 is 17.9 Å². The summed E-state index contributed by atoms with van der Waals surface area (Å²) in [5.41, 5.74) is 0. The first kappa shape index (κ1) is 66.8. The molecule has 0 bridgehead atoms. The summed E-state index contributed by atoms with van der Waals surface area (Å²) in [6.07, 6.45) is 68.2. The Morgan fingerprint density at radius 2 is 0.800 bits per heavy atom. The first-order valence-electron chi connectivity index (χ1n) is 29.0. The number of carboxylic acids is 1. The Morgan fingerprint density at radius 3 is 1.19 bits per heavy atom. The summed E-state index contributed by atoms with van der Waals surface area (Å²) in [7, 11) is 5.54. The van der Waals surface area contributed by atoms with Crippen LogP contribution in [0, 0.1) is 0 Å². The molecule has 0 fully saturated rings. The van der Waals surface area contributed by atoms with E-state index in [0.717, 1.165) is 70.6 Å². The maximum atomic E-state index is 12.8. The number of hydrogen-bond donors (Lipinski definition) is 1. The second-order valence-corrected chi connectivity index (χ2v) is 20.5. The highest BCUT2D eigenvalue weighted by molar-refractivity contribution is 5.72. The van der Waals surface area contributed by atoms with Crippen LogP contribution in [0.15, 0.2) is 72.9 Å². The number of aliphatic carboxylic acids is 1. The minimum Gasteiger partial charge on any atom is -0.477 e. The Morgan fingerprint density at radius 1 is 0.443 bits per heavy atom. The van der Waals surface area contributed by atoms with Crippen LogP contribution in [0.4, 0.5) is 0 Å². The van der Waals surface area contributed by atoms with E-state index in [4.69, 9.17) is 14.2 Å². The second-order valence-electron chi connectivity index (χ2n) is 20.5. The van der Waals surface area contributed by atoms with Crippen LogP contribution >= 0.6 is 0 Å². The summed E-state index contributed by atoms with van der Waals surface area (Å²) >= 11 is 0. The molecule has 0 aromatic carbocycles. The number of quaternary nitrogens is 1. The fourth-order valence-electron chi connectivity index (χ4n) is 8.41. The molecule has 0 spiro atoms. The van der Waals surface area contributed by atoms with Crippen molar-refractivity contribution in [3.8, 4) is 0 Å². The lowest BCUT2D eigenvalue weighted by Gasteiger charge is -2.31. The van der Waals surface area contributed by atoms with Gasteiger partial charge in [0.2, 0.25) is 0 Å². The van der Waals surface area contributed by atoms with Crippen LogP contribution in [0.3, 0.4) is 0 Å². The van der Waals surface area contributed by atoms with Gasteiger partial charge < -0.3 is 23.8 Å². The number of rotatable bonds is 52. The van der Waals surface area contributed by atoms with Gasteiger partial charge in [-0.1, -0.05) is 222 Å². The lowest BCUT2D eigenvalue weighted by atomic mass is 10.0. The molecular weight excluding hydrogens is 871 g/mol. The van der Waals surface area contributed by atoms with Gasteiger partial charge in [-0.3, -0.25) is 9.59 Å². The van der Waals surface area contributed by atoms with Gasteiger partial charge in [0.25, 0.3) is 0 Å². The molecular formula is C62H110NO7+. The molecule has 0 radical (unpaired) electrons. The molecule has 0 aliphatic carbocycles. The fourth-order valence-corrected chi connectivity index (χ4v) is 8.41. The van der Waals surface area contributed by atoms with Gasteiger partial charge in [0, 0.05) is 19.3 Å². The molecule has 8 nitrogen and oxygen atoms in total. The van der Waals surface area contributed by atoms with Crippen LogP contribution in [0.5, 0.6) is 0 Å². The van der Waals surface area contributed by atoms with E-state index in [9.17, 15) is 19.5 Å². The Bertz CT molecular complexity index is 1370. The average Bonchev–Trinajstić information content (AvgIpc) is 3.33. The number of carboxylic acid groups (broad SMARTS) is 1. The predicted octanol–water partition coefficient (Wildman–Crippen LogP) is 17.4. The van der Waals surface area contributed by atoms with E-state index >= 15 is 0 Å². The van der Waals surface area contributed by atoms with Crippen molar-refractivity contribution >= 4 is 17.9 Å². The second kappa shape index (κ2) is 52.1. The van der Waals surface area contributed by atoms with Crippen molar-refractivity contribution in [2.45, 2.75) is 264 Å². The van der Waals surface area contributed by atoms with Crippen LogP contribution in [0.2, 0.25) is 0 Å². The number of nitrogens with zero attached hydrogens (tertiary/aromatic N) is 1. The summed E-state index contributed by atoms with van der Waals surface area (Å²) < 4.78 is 17.4. The summed E-state index contributed by atoms with van der Waals surface area (Å²) in [6, 6.07) is -0.619. The zero-order valence-electron chi connectivity index (χ0n) is 46.2. The highest BCUT2D eigenvalue weighted by atomic mass is 16.6. The molecule has 2 atom stereocenters. The van der Waals surface area contributed by atoms with E-state index in [1.54, 1.807) is 0 Å². The van der Waals surface area contributed by atoms with Crippen molar-refractivity contribution in [1.82, 2.24) is 0 Å². The van der Waals surface area contributed by atoms with Crippen molar-refractivity contribution < 1.29 is 38.2 Å². The fraction of sp³-hybridized carbons (Fsp3) is 0.758. The Balaban J connectivity index is 4.18. The molecule has 0 aliphatic rings. The molecule has 0 saturated carbocycles. The lowest BCUT2D eigenvalue weighted by Crippen LogP contribution is -2.50. The minimum absolute atomic E-state index is 0.0552. The third-order valence-electron chi connectivity index (χ3n) is 12.8. The molecule has 0 aromatic rings. The minimum atomic E-state index is -0.875. The van der Waals surface area contributed by atoms with Crippen LogP contribution < -0.4 is 0 Å². The number of allylic oxidation sites excluding steroid dienone is 12. The number of ether oxygens (including phenoxy) is 3. The van der Waals surface area contributed by atoms with Crippen molar-refractivity contribution in [3.63, 3.8) is 0 Å². The van der Waals surface area contributed by atoms with Gasteiger partial charge in [0.05, 0.1) is 34.4 Å². The highest BCUT2D eigenvalue weighted by Crippen LogP contribution is 2.16. The maximum Gasteiger partial charge on any atom is 0.362 e. The van der Waals surface area contributed by atoms with Crippen LogP contribution in [-0.4, -0.2) is 80.6 Å². The molecule has 2 unspecified atom stereocenters. The van der Waals surface area contributed by atoms with E-state index in [2.05, 4.69) is 86.8 Å². The van der Waals surface area contributed by atoms with Crippen LogP contribution in [0.25, 0.3) is 0 Å². The molecule has 404 valence electrons. The molecule has 0 rings (SSSR count). The molecule has 0 aromatic heterocycles. The molecule has 70 heavy (non-hydrogen) atoms. The monoisotopic (exact) mass is 981 g/mol. The van der Waals surface area contributed by atoms with E-state index in [1.807, 2.05) is 21.1 Å². The van der Waals surface area contributed by atoms with Gasteiger partial charge in [0.15, 0.2) is 12.1 Å². The Hall–Kier alpha value is -3.23. The van der Waals surface area contributed by atoms with Gasteiger partial charge in [-0.15, -0.1) is 0 Å². The van der Waals surface area contributed by atoms with Gasteiger partial charge in [-0.2, -0.15) is 0 Å². The molecule has 0 amide bonds. The maximum absolute atomic E-state index is 12.8. The van der Waals surface area contributed by atoms with E-state index in [1.165, 1.54) is 148 Å². The summed E-state index contributed by atoms with van der Waals surface area (Å²) in [6.45, 7) is 4.64. The number of esters is 2. The number of unbranched alkanes of at least 4 members (excludes halogenated alkanes) is 26. The molecule has 0 aliphatic heterocycles. The van der Waals surface area contributed by atoms with Crippen molar-refractivity contribution in [2.75, 3.05) is 41.0 Å². The third kappa shape index (κ3) is 49.7. The van der Waals surface area contributed by atoms with Crippen LogP contribution in [0.1, 0.15) is 251 Å². The summed E-state index contributed by atoms with van der Waals surface area (Å²) in [4.78, 5) is 37.3. The Kier molecular flexibility index (Phi) is 49.7. The topological polar surface area (TPSA) is 99.1 Å². The quantitative estimate of drug-likeness (QED) is 0.0280. The van der Waals surface area contributed by atoms with Crippen LogP contribution in [-0.2, 0) is 28.6 Å². The number of carbonyl (C=O) groups excluding carboxylic acids is 2. The first-order chi connectivity index (χ1) is 34.1. The average molecular weight is 982 g/mol. The smallest absolute Gasteiger partial charge is 0.362 e. The number of likely N-dealkylation sites (N-methyl/N-ethyl adjacent to an activating group) is 1. The zero-order chi connectivity index (χ0) is 51.3. The molecule has 1 N–H and O–H groups in total. The zero-order valence-corrected chi connectivity index (χ0v) is 46.2. The van der Waals surface area contributed by atoms with Gasteiger partial charge in [-0.25, -0.2) is 4.79 Å². The number of carbonyl (C=O) groups is 3. The van der Waals surface area contributed by atoms with Crippen molar-refractivity contribution in [1.29, 1.82) is 0 Å². The Labute approximate surface area is 431 Å². The molecule has 0 saturated heterocycles. The summed E-state index contributed by atoms with van der Waals surface area (Å²) in [5.74, 6) is -1.47. The van der Waals surface area contributed by atoms with E-state index < -0.39 is 18.1 Å². The lowest BCUT2D eigenvalue weighted by molar-refractivity contribution is -0.887. The third-order valence-corrected chi connectivity index (χ3v) is 12.8. The summed E-state index contributed by atoms with van der Waals surface area (Å²) in [5, 5.41) is 9.68. The van der Waals surface area contributed by atoms with E-state index in [0.29, 0.717) is 19.3 Å². The van der Waals surface area contributed by atoms with Crippen molar-refractivity contribution in [2.24, 2.45) is 0 Å². The first-order valence-corrected chi connectivity index (χ1v) is 29.0. The number of hydrogen-bond acceptors (Lipinski definition) is 6. The van der Waals surface area contributed by atoms with E-state index in [-0.39, 0.29) is 36.2 Å². The van der Waals surface area contributed by atoms with Crippen molar-refractivity contribution in [3.05, 3.63) is 72.9 Å². The van der Waals surface area contributed by atoms with Gasteiger partial charge in [0.1, 0.15) is 6.61 Å². The molecule has 8 heteroatoms.